The first-order chi connectivity index (χ1) is 17.5. The number of aryl methyl sites for hydroxylation is 2. The summed E-state index contributed by atoms with van der Waals surface area (Å²) in [6, 6.07) is 9.61. The van der Waals surface area contributed by atoms with Gasteiger partial charge in [0, 0.05) is 35.8 Å². The topological polar surface area (TPSA) is 96.3 Å². The Morgan fingerprint density at radius 1 is 1.08 bits per heavy atom. The number of aromatic nitrogens is 2. The Morgan fingerprint density at radius 3 is 2.27 bits per heavy atom. The number of halogens is 1. The summed E-state index contributed by atoms with van der Waals surface area (Å²) in [6.45, 7) is 9.24. The van der Waals surface area contributed by atoms with E-state index in [1.165, 1.54) is 4.57 Å². The number of nitrogens with zero attached hydrogens (tertiary/aromatic N) is 3. The lowest BCUT2D eigenvalue weighted by Gasteiger charge is -2.35. The van der Waals surface area contributed by atoms with E-state index in [2.05, 4.69) is 10.6 Å². The van der Waals surface area contributed by atoms with Gasteiger partial charge in [-0.2, -0.15) is 0 Å². The van der Waals surface area contributed by atoms with Gasteiger partial charge in [-0.1, -0.05) is 0 Å². The summed E-state index contributed by atoms with van der Waals surface area (Å²) in [7, 11) is 1.56. The van der Waals surface area contributed by atoms with Crippen LogP contribution in [0.2, 0.25) is 0 Å². The molecular formula is C28H32FN5O3. The summed E-state index contributed by atoms with van der Waals surface area (Å²) < 4.78 is 15.7. The largest absolute Gasteiger partial charge is 0.355 e. The highest BCUT2D eigenvalue weighted by molar-refractivity contribution is 5.95. The van der Waals surface area contributed by atoms with Crippen LogP contribution in [0.4, 0.5) is 10.3 Å². The summed E-state index contributed by atoms with van der Waals surface area (Å²) in [4.78, 5) is 45.6. The molecule has 8 nitrogen and oxygen atoms in total. The molecule has 1 aromatic heterocycles. The lowest BCUT2D eigenvalue weighted by molar-refractivity contribution is 0.0652. The molecule has 9 heteroatoms. The van der Waals surface area contributed by atoms with Crippen molar-refractivity contribution >= 4 is 17.8 Å². The maximum absolute atomic E-state index is 14.1. The third-order valence-electron chi connectivity index (χ3n) is 6.59. The number of carbonyl (C=O) groups is 2. The minimum Gasteiger partial charge on any atom is -0.355 e. The van der Waals surface area contributed by atoms with Crippen LogP contribution in [0.5, 0.6) is 0 Å². The van der Waals surface area contributed by atoms with Crippen LogP contribution in [0, 0.1) is 19.7 Å². The minimum absolute atomic E-state index is 0.00763. The highest BCUT2D eigenvalue weighted by Crippen LogP contribution is 2.26. The number of fused-ring (bicyclic) bond motifs is 1. The number of anilines is 1. The van der Waals surface area contributed by atoms with Crippen LogP contribution >= 0.6 is 0 Å². The van der Waals surface area contributed by atoms with Crippen molar-refractivity contribution in [2.75, 3.05) is 12.4 Å². The van der Waals surface area contributed by atoms with Gasteiger partial charge in [-0.25, -0.2) is 13.9 Å². The van der Waals surface area contributed by atoms with E-state index in [0.29, 0.717) is 51.6 Å². The predicted molar refractivity (Wildman–Crippen MR) is 141 cm³/mol. The van der Waals surface area contributed by atoms with E-state index < -0.39 is 0 Å². The number of hydrogen-bond acceptors (Lipinski definition) is 5. The van der Waals surface area contributed by atoms with Crippen molar-refractivity contribution in [2.24, 2.45) is 0 Å². The summed E-state index contributed by atoms with van der Waals surface area (Å²) in [6.07, 6.45) is 0.338. The van der Waals surface area contributed by atoms with Gasteiger partial charge in [0.05, 0.1) is 17.9 Å². The lowest BCUT2D eigenvalue weighted by Crippen LogP contribution is -2.46. The Balaban J connectivity index is 1.76. The monoisotopic (exact) mass is 505 g/mol. The number of amides is 2. The Morgan fingerprint density at radius 2 is 1.70 bits per heavy atom. The average molecular weight is 506 g/mol. The molecule has 4 rings (SSSR count). The number of benzene rings is 2. The lowest BCUT2D eigenvalue weighted by atomic mass is 9.97. The van der Waals surface area contributed by atoms with E-state index in [4.69, 9.17) is 4.98 Å². The summed E-state index contributed by atoms with van der Waals surface area (Å²) >= 11 is 0. The van der Waals surface area contributed by atoms with Gasteiger partial charge >= 0.3 is 0 Å². The second kappa shape index (κ2) is 10.2. The SMILES string of the molecule is CNC(=O)c1ccc(-n2c(NC(C)C)nc3c(c2=O)C[C@@H](C)N(C(=O)c2cc(C)c(F)c(C)c2)C3)cc1. The van der Waals surface area contributed by atoms with Crippen molar-refractivity contribution in [3.8, 4) is 5.69 Å². The van der Waals surface area contributed by atoms with Crippen molar-refractivity contribution in [3.63, 3.8) is 0 Å². The Hall–Kier alpha value is -4.01. The maximum Gasteiger partial charge on any atom is 0.263 e. The van der Waals surface area contributed by atoms with E-state index >= 15 is 0 Å². The zero-order valence-corrected chi connectivity index (χ0v) is 22.0. The van der Waals surface area contributed by atoms with Crippen molar-refractivity contribution < 1.29 is 14.0 Å². The van der Waals surface area contributed by atoms with Crippen LogP contribution in [0.25, 0.3) is 5.69 Å². The molecule has 0 unspecified atom stereocenters. The Kier molecular flexibility index (Phi) is 7.16. The molecule has 2 amide bonds. The third-order valence-corrected chi connectivity index (χ3v) is 6.59. The number of carbonyl (C=O) groups excluding carboxylic acids is 2. The predicted octanol–water partition coefficient (Wildman–Crippen LogP) is 3.76. The molecule has 0 spiro atoms. The molecule has 1 atom stereocenters. The van der Waals surface area contributed by atoms with Crippen LogP contribution in [0.15, 0.2) is 41.2 Å². The highest BCUT2D eigenvalue weighted by Gasteiger charge is 2.32. The van der Waals surface area contributed by atoms with E-state index in [0.717, 1.165) is 0 Å². The fourth-order valence-electron chi connectivity index (χ4n) is 4.67. The van der Waals surface area contributed by atoms with Gasteiger partial charge in [0.2, 0.25) is 5.95 Å². The van der Waals surface area contributed by atoms with Crippen LogP contribution < -0.4 is 16.2 Å². The molecular weight excluding hydrogens is 473 g/mol. The molecule has 37 heavy (non-hydrogen) atoms. The quantitative estimate of drug-likeness (QED) is 0.551. The molecule has 0 fully saturated rings. The summed E-state index contributed by atoms with van der Waals surface area (Å²) in [5.41, 5.74) is 3.18. The summed E-state index contributed by atoms with van der Waals surface area (Å²) in [5.74, 6) is -0.392. The van der Waals surface area contributed by atoms with Crippen molar-refractivity contribution in [1.82, 2.24) is 19.8 Å². The molecule has 3 aromatic rings. The minimum atomic E-state index is -0.316. The smallest absolute Gasteiger partial charge is 0.263 e. The Labute approximate surface area is 215 Å². The molecule has 2 aromatic carbocycles. The first-order valence-electron chi connectivity index (χ1n) is 12.3. The van der Waals surface area contributed by atoms with Crippen molar-refractivity contribution in [2.45, 2.75) is 59.7 Å². The van der Waals surface area contributed by atoms with Crippen LogP contribution in [0.3, 0.4) is 0 Å². The molecule has 2 heterocycles. The molecule has 0 radical (unpaired) electrons. The van der Waals surface area contributed by atoms with Crippen molar-refractivity contribution in [1.29, 1.82) is 0 Å². The van der Waals surface area contributed by atoms with Gasteiger partial charge in [-0.3, -0.25) is 14.4 Å². The number of nitrogens with one attached hydrogen (secondary N) is 2. The molecule has 0 aliphatic carbocycles. The average Bonchev–Trinajstić information content (AvgIpc) is 2.86. The third kappa shape index (κ3) is 4.98. The van der Waals surface area contributed by atoms with Gasteiger partial charge in [0.1, 0.15) is 5.82 Å². The number of rotatable bonds is 5. The van der Waals surface area contributed by atoms with Gasteiger partial charge in [0.15, 0.2) is 0 Å². The highest BCUT2D eigenvalue weighted by atomic mass is 19.1. The van der Waals surface area contributed by atoms with E-state index in [9.17, 15) is 18.8 Å². The second-order valence-corrected chi connectivity index (χ2v) is 9.84. The molecule has 2 N–H and O–H groups in total. The van der Waals surface area contributed by atoms with Crippen LogP contribution in [-0.2, 0) is 13.0 Å². The standard InChI is InChI=1S/C28H32FN5O3/c1-15(2)31-28-32-23-14-33(26(36)20-11-16(3)24(29)17(4)12-20)18(5)13-22(23)27(37)34(28)21-9-7-19(8-10-21)25(35)30-6/h7-12,15,18H,13-14H2,1-6H3,(H,30,35)(H,31,32)/t18-/m1/s1. The first kappa shape index (κ1) is 26.1. The van der Waals surface area contributed by atoms with E-state index in [-0.39, 0.29) is 41.8 Å². The molecule has 194 valence electrons. The molecule has 1 aliphatic heterocycles. The van der Waals surface area contributed by atoms with Gasteiger partial charge in [0.25, 0.3) is 17.4 Å². The Bertz CT molecular complexity index is 1410. The zero-order chi connectivity index (χ0) is 27.0. The maximum atomic E-state index is 14.1. The summed E-state index contributed by atoms with van der Waals surface area (Å²) in [5, 5.41) is 5.83. The zero-order valence-electron chi connectivity index (χ0n) is 22.0. The van der Waals surface area contributed by atoms with Crippen LogP contribution in [0.1, 0.15) is 63.9 Å². The van der Waals surface area contributed by atoms with E-state index in [1.54, 1.807) is 62.2 Å². The molecule has 0 bridgehead atoms. The molecule has 0 saturated heterocycles. The van der Waals surface area contributed by atoms with Gasteiger partial charge in [-0.15, -0.1) is 0 Å². The number of hydrogen-bond donors (Lipinski definition) is 2. The fourth-order valence-corrected chi connectivity index (χ4v) is 4.67. The normalized spacial score (nSPS) is 14.9. The van der Waals surface area contributed by atoms with Gasteiger partial charge < -0.3 is 15.5 Å². The van der Waals surface area contributed by atoms with Crippen LogP contribution in [-0.4, -0.2) is 45.4 Å². The second-order valence-electron chi connectivity index (χ2n) is 9.84. The fraction of sp³-hybridized carbons (Fsp3) is 0.357. The van der Waals surface area contributed by atoms with Crippen molar-refractivity contribution in [3.05, 3.63) is 86.1 Å². The molecule has 0 saturated carbocycles. The van der Waals surface area contributed by atoms with Gasteiger partial charge in [-0.05, 0) is 88.6 Å². The molecule has 1 aliphatic rings. The van der Waals surface area contributed by atoms with E-state index in [1.807, 2.05) is 20.8 Å². The first-order valence-corrected chi connectivity index (χ1v) is 12.3.